The van der Waals surface area contributed by atoms with Crippen molar-refractivity contribution in [3.63, 3.8) is 0 Å². The number of Topliss-reactive ketones (excluding diaryl/α,β-unsaturated/α-hetero) is 1. The minimum absolute atomic E-state index is 0.0217. The molecule has 0 aromatic carbocycles. The fourth-order valence-corrected chi connectivity index (χ4v) is 4.08. The molecule has 2 aliphatic heterocycles. The molecule has 1 aromatic rings. The van der Waals surface area contributed by atoms with E-state index in [-0.39, 0.29) is 29.0 Å². The van der Waals surface area contributed by atoms with Gasteiger partial charge in [0.1, 0.15) is 5.60 Å². The lowest BCUT2D eigenvalue weighted by atomic mass is 9.97. The summed E-state index contributed by atoms with van der Waals surface area (Å²) in [5.41, 5.74) is -1.83. The van der Waals surface area contributed by atoms with Crippen molar-refractivity contribution in [2.24, 2.45) is 5.92 Å². The maximum Gasteiger partial charge on any atom is 0.433 e. The number of ketones is 1. The zero-order valence-electron chi connectivity index (χ0n) is 19.0. The van der Waals surface area contributed by atoms with Gasteiger partial charge in [0.2, 0.25) is 5.95 Å². The molecule has 2 saturated heterocycles. The Hall–Kier alpha value is -2.83. The van der Waals surface area contributed by atoms with Crippen molar-refractivity contribution >= 4 is 40.9 Å². The standard InChI is InChI=1S/C21H26F3N5O4S/c1-20(2,3)33-18(31)25-10-12-4-6-29(7-5-12)17-27-13(9-16(28-17)21(22,23)24)8-15-14(30)11-26-19(32)34-15/h8-9,12H,4-7,10-11H2,1-3H3,(H,25,31)(H,26,32)/b15-8-. The number of hydrogen-bond donors (Lipinski definition) is 2. The van der Waals surface area contributed by atoms with Gasteiger partial charge < -0.3 is 20.3 Å². The number of anilines is 1. The zero-order chi connectivity index (χ0) is 25.1. The van der Waals surface area contributed by atoms with Gasteiger partial charge in [0.15, 0.2) is 11.5 Å². The van der Waals surface area contributed by atoms with Crippen LogP contribution in [0.25, 0.3) is 6.08 Å². The van der Waals surface area contributed by atoms with Gasteiger partial charge in [0, 0.05) is 19.6 Å². The molecule has 2 aliphatic rings. The number of alkyl halides is 3. The summed E-state index contributed by atoms with van der Waals surface area (Å²) in [5, 5.41) is 4.62. The van der Waals surface area contributed by atoms with Gasteiger partial charge in [-0.2, -0.15) is 13.2 Å². The van der Waals surface area contributed by atoms with E-state index in [1.54, 1.807) is 25.7 Å². The quantitative estimate of drug-likeness (QED) is 0.602. The third-order valence-electron chi connectivity index (χ3n) is 5.01. The first-order chi connectivity index (χ1) is 15.8. The second-order valence-electron chi connectivity index (χ2n) is 8.96. The summed E-state index contributed by atoms with van der Waals surface area (Å²) in [7, 11) is 0. The molecular formula is C21H26F3N5O4S. The third kappa shape index (κ3) is 7.34. The summed E-state index contributed by atoms with van der Waals surface area (Å²) < 4.78 is 45.6. The molecule has 2 N–H and O–H groups in total. The molecule has 0 atom stereocenters. The van der Waals surface area contributed by atoms with Crippen molar-refractivity contribution in [2.45, 2.75) is 45.4 Å². The molecule has 186 valence electrons. The molecule has 0 radical (unpaired) electrons. The fourth-order valence-electron chi connectivity index (χ4n) is 3.37. The molecule has 34 heavy (non-hydrogen) atoms. The van der Waals surface area contributed by atoms with Crippen LogP contribution >= 0.6 is 11.8 Å². The van der Waals surface area contributed by atoms with Gasteiger partial charge in [-0.05, 0) is 63.4 Å². The number of rotatable bonds is 4. The Bertz CT molecular complexity index is 986. The number of carbonyl (C=O) groups is 3. The number of halogens is 3. The lowest BCUT2D eigenvalue weighted by Gasteiger charge is -2.32. The Balaban J connectivity index is 1.71. The minimum Gasteiger partial charge on any atom is -0.444 e. The molecule has 1 aromatic heterocycles. The SMILES string of the molecule is CC(C)(C)OC(=O)NCC1CCN(c2nc(/C=C3\SC(=O)NCC3=O)cc(C(F)(F)F)n2)CC1. The first-order valence-electron chi connectivity index (χ1n) is 10.7. The van der Waals surface area contributed by atoms with Crippen LogP contribution in [-0.4, -0.2) is 58.9 Å². The summed E-state index contributed by atoms with van der Waals surface area (Å²) in [4.78, 5) is 45.0. The summed E-state index contributed by atoms with van der Waals surface area (Å²) in [6.45, 7) is 6.27. The zero-order valence-corrected chi connectivity index (χ0v) is 19.8. The van der Waals surface area contributed by atoms with E-state index in [1.165, 1.54) is 6.08 Å². The smallest absolute Gasteiger partial charge is 0.433 e. The van der Waals surface area contributed by atoms with Crippen LogP contribution in [0.5, 0.6) is 0 Å². The second-order valence-corrected chi connectivity index (χ2v) is 9.98. The van der Waals surface area contributed by atoms with Crippen LogP contribution in [0.4, 0.5) is 28.7 Å². The van der Waals surface area contributed by atoms with Crippen LogP contribution in [-0.2, 0) is 15.7 Å². The molecule has 3 rings (SSSR count). The molecule has 3 heterocycles. The maximum absolute atomic E-state index is 13.5. The Morgan fingerprint density at radius 1 is 1.26 bits per heavy atom. The summed E-state index contributed by atoms with van der Waals surface area (Å²) >= 11 is 0.617. The second kappa shape index (κ2) is 10.2. The Labute approximate surface area is 198 Å². The highest BCUT2D eigenvalue weighted by molar-refractivity contribution is 8.17. The number of piperidine rings is 1. The van der Waals surface area contributed by atoms with E-state index < -0.39 is 34.6 Å². The normalized spacial score (nSPS) is 19.2. The van der Waals surface area contributed by atoms with E-state index in [2.05, 4.69) is 20.6 Å². The van der Waals surface area contributed by atoms with Gasteiger partial charge in [0.25, 0.3) is 5.24 Å². The summed E-state index contributed by atoms with van der Waals surface area (Å²) in [6.07, 6.45) is -2.82. The van der Waals surface area contributed by atoms with Gasteiger partial charge in [-0.3, -0.25) is 9.59 Å². The Morgan fingerprint density at radius 2 is 1.94 bits per heavy atom. The molecule has 0 unspecified atom stereocenters. The number of hydrogen-bond acceptors (Lipinski definition) is 8. The predicted molar refractivity (Wildman–Crippen MR) is 120 cm³/mol. The Morgan fingerprint density at radius 3 is 2.56 bits per heavy atom. The molecule has 13 heteroatoms. The highest BCUT2D eigenvalue weighted by atomic mass is 32.2. The van der Waals surface area contributed by atoms with Crippen LogP contribution in [0.3, 0.4) is 0 Å². The van der Waals surface area contributed by atoms with E-state index in [4.69, 9.17) is 4.74 Å². The van der Waals surface area contributed by atoms with Gasteiger partial charge in [-0.1, -0.05) is 0 Å². The number of aromatic nitrogens is 2. The molecule has 9 nitrogen and oxygen atoms in total. The molecule has 0 bridgehead atoms. The molecule has 0 aliphatic carbocycles. The minimum atomic E-state index is -4.71. The fraction of sp³-hybridized carbons (Fsp3) is 0.571. The van der Waals surface area contributed by atoms with Crippen LogP contribution in [0, 0.1) is 5.92 Å². The maximum atomic E-state index is 13.5. The van der Waals surface area contributed by atoms with E-state index in [0.717, 1.165) is 6.07 Å². The lowest BCUT2D eigenvalue weighted by Crippen LogP contribution is -2.41. The van der Waals surface area contributed by atoms with Gasteiger partial charge in [0.05, 0.1) is 17.1 Å². The number of nitrogens with one attached hydrogen (secondary N) is 2. The number of thioether (sulfide) groups is 1. The number of carbonyl (C=O) groups excluding carboxylic acids is 3. The largest absolute Gasteiger partial charge is 0.444 e. The molecule has 0 saturated carbocycles. The average molecular weight is 502 g/mol. The van der Waals surface area contributed by atoms with Crippen molar-refractivity contribution < 1.29 is 32.3 Å². The monoisotopic (exact) mass is 501 g/mol. The number of ether oxygens (including phenoxy) is 1. The highest BCUT2D eigenvalue weighted by Crippen LogP contribution is 2.32. The molecule has 0 spiro atoms. The van der Waals surface area contributed by atoms with Crippen molar-refractivity contribution in [1.82, 2.24) is 20.6 Å². The van der Waals surface area contributed by atoms with Crippen LogP contribution in [0.2, 0.25) is 0 Å². The van der Waals surface area contributed by atoms with Gasteiger partial charge in [-0.25, -0.2) is 14.8 Å². The predicted octanol–water partition coefficient (Wildman–Crippen LogP) is 3.60. The molecule has 2 fully saturated rings. The third-order valence-corrected chi connectivity index (χ3v) is 5.90. The number of alkyl carbamates (subject to hydrolysis) is 1. The topological polar surface area (TPSA) is 114 Å². The van der Waals surface area contributed by atoms with Gasteiger partial charge >= 0.3 is 12.3 Å². The number of amides is 2. The van der Waals surface area contributed by atoms with Crippen LogP contribution < -0.4 is 15.5 Å². The van der Waals surface area contributed by atoms with Crippen LogP contribution in [0.1, 0.15) is 45.0 Å². The van der Waals surface area contributed by atoms with Crippen LogP contribution in [0.15, 0.2) is 11.0 Å². The van der Waals surface area contributed by atoms with Crippen molar-refractivity contribution in [3.8, 4) is 0 Å². The van der Waals surface area contributed by atoms with Crippen molar-refractivity contribution in [1.29, 1.82) is 0 Å². The lowest BCUT2D eigenvalue weighted by molar-refractivity contribution is -0.141. The van der Waals surface area contributed by atoms with Crippen molar-refractivity contribution in [3.05, 3.63) is 22.4 Å². The Kier molecular flexibility index (Phi) is 7.74. The van der Waals surface area contributed by atoms with E-state index >= 15 is 0 Å². The van der Waals surface area contributed by atoms with Crippen molar-refractivity contribution in [2.75, 3.05) is 31.1 Å². The highest BCUT2D eigenvalue weighted by Gasteiger charge is 2.35. The summed E-state index contributed by atoms with van der Waals surface area (Å²) in [6, 6.07) is 0.758. The van der Waals surface area contributed by atoms with E-state index in [1.807, 2.05) is 0 Å². The van der Waals surface area contributed by atoms with E-state index in [0.29, 0.717) is 44.2 Å². The van der Waals surface area contributed by atoms with E-state index in [9.17, 15) is 27.6 Å². The molecular weight excluding hydrogens is 475 g/mol. The average Bonchev–Trinajstić information content (AvgIpc) is 2.73. The molecule has 2 amide bonds. The first kappa shape index (κ1) is 25.8. The summed E-state index contributed by atoms with van der Waals surface area (Å²) in [5.74, 6) is -0.375. The van der Waals surface area contributed by atoms with Gasteiger partial charge in [-0.15, -0.1) is 0 Å². The first-order valence-corrected chi connectivity index (χ1v) is 11.5. The number of nitrogens with zero attached hydrogens (tertiary/aromatic N) is 3.